The maximum atomic E-state index is 12.9. The first-order valence-corrected chi connectivity index (χ1v) is 10.7. The van der Waals surface area contributed by atoms with Crippen molar-refractivity contribution >= 4 is 0 Å². The number of methoxy groups -OCH3 is 1. The van der Waals surface area contributed by atoms with E-state index in [1.54, 1.807) is 13.2 Å². The first-order chi connectivity index (χ1) is 14.7. The molecule has 156 valence electrons. The Morgan fingerprint density at radius 1 is 1.13 bits per heavy atom. The Hall–Kier alpha value is -2.86. The molecule has 2 aromatic heterocycles. The fourth-order valence-electron chi connectivity index (χ4n) is 5.30. The number of pyridine rings is 1. The number of imidazole rings is 1. The van der Waals surface area contributed by atoms with E-state index in [2.05, 4.69) is 37.2 Å². The summed E-state index contributed by atoms with van der Waals surface area (Å²) in [5.74, 6) is 1.75. The molecule has 6 heteroatoms. The van der Waals surface area contributed by atoms with E-state index in [1.807, 2.05) is 36.9 Å². The van der Waals surface area contributed by atoms with Crippen LogP contribution in [0.2, 0.25) is 0 Å². The number of hydrogen-bond donors (Lipinski definition) is 0. The second kappa shape index (κ2) is 8.11. The van der Waals surface area contributed by atoms with Crippen LogP contribution in [0.15, 0.2) is 66.0 Å². The lowest BCUT2D eigenvalue weighted by atomic mass is 9.76. The van der Waals surface area contributed by atoms with Gasteiger partial charge >= 0.3 is 0 Å². The average molecular weight is 405 g/mol. The van der Waals surface area contributed by atoms with Crippen molar-refractivity contribution in [2.45, 2.75) is 31.3 Å². The number of aromatic nitrogens is 3. The molecule has 0 amide bonds. The molecule has 0 saturated carbocycles. The molecule has 2 aliphatic rings. The van der Waals surface area contributed by atoms with Crippen LogP contribution in [0.5, 0.6) is 5.75 Å². The molecule has 2 aliphatic heterocycles. The lowest BCUT2D eigenvalue weighted by Gasteiger charge is -2.47. The highest BCUT2D eigenvalue weighted by Gasteiger charge is 2.40. The molecule has 0 unspecified atom stereocenters. The zero-order chi connectivity index (χ0) is 20.5. The molecule has 0 spiro atoms. The van der Waals surface area contributed by atoms with Gasteiger partial charge in [-0.15, -0.1) is 0 Å². The molecule has 1 aromatic carbocycles. The minimum absolute atomic E-state index is 0.127. The zero-order valence-corrected chi connectivity index (χ0v) is 17.4. The third-order valence-electron chi connectivity index (χ3n) is 6.69. The predicted molar refractivity (Wildman–Crippen MR) is 116 cm³/mol. The van der Waals surface area contributed by atoms with Gasteiger partial charge in [-0.25, -0.2) is 4.98 Å². The summed E-state index contributed by atoms with van der Waals surface area (Å²) >= 11 is 0. The van der Waals surface area contributed by atoms with Crippen LogP contribution in [0.1, 0.15) is 29.6 Å². The Balaban J connectivity index is 1.43. The van der Waals surface area contributed by atoms with Crippen molar-refractivity contribution in [3.8, 4) is 5.75 Å². The van der Waals surface area contributed by atoms with E-state index in [9.17, 15) is 4.79 Å². The number of piperidine rings is 1. The molecule has 5 rings (SSSR count). The number of benzene rings is 1. The first kappa shape index (κ1) is 19.1. The minimum atomic E-state index is 0.127. The number of rotatable bonds is 6. The summed E-state index contributed by atoms with van der Waals surface area (Å²) in [4.78, 5) is 19.6. The van der Waals surface area contributed by atoms with E-state index in [-0.39, 0.29) is 11.6 Å². The van der Waals surface area contributed by atoms with Crippen LogP contribution in [0, 0.1) is 5.92 Å². The van der Waals surface area contributed by atoms with Crippen LogP contribution in [-0.4, -0.2) is 45.8 Å². The van der Waals surface area contributed by atoms with Gasteiger partial charge in [-0.2, -0.15) is 0 Å². The number of likely N-dealkylation sites (tertiary alicyclic amines) is 1. The Morgan fingerprint density at radius 3 is 2.87 bits per heavy atom. The molecule has 1 saturated heterocycles. The van der Waals surface area contributed by atoms with E-state index >= 15 is 0 Å². The molecular formula is C24H28N4O2. The monoisotopic (exact) mass is 404 g/mol. The molecule has 0 radical (unpaired) electrons. The number of fused-ring (bicyclic) bond motifs is 4. The third kappa shape index (κ3) is 3.67. The summed E-state index contributed by atoms with van der Waals surface area (Å²) in [6.45, 7) is 4.00. The molecular weight excluding hydrogens is 376 g/mol. The van der Waals surface area contributed by atoms with E-state index in [0.717, 1.165) is 44.8 Å². The summed E-state index contributed by atoms with van der Waals surface area (Å²) in [5, 5.41) is 0. The van der Waals surface area contributed by atoms with Gasteiger partial charge in [-0.1, -0.05) is 18.2 Å². The molecule has 6 nitrogen and oxygen atoms in total. The highest BCUT2D eigenvalue weighted by Crippen LogP contribution is 2.42. The fraction of sp³-hybridized carbons (Fsp3) is 0.417. The molecule has 0 aliphatic carbocycles. The quantitative estimate of drug-likeness (QED) is 0.634. The van der Waals surface area contributed by atoms with Gasteiger partial charge in [0.15, 0.2) is 0 Å². The van der Waals surface area contributed by atoms with Crippen molar-refractivity contribution in [2.75, 3.05) is 26.7 Å². The van der Waals surface area contributed by atoms with Crippen molar-refractivity contribution in [3.63, 3.8) is 0 Å². The normalized spacial score (nSPS) is 23.2. The third-order valence-corrected chi connectivity index (χ3v) is 6.69. The Morgan fingerprint density at radius 2 is 2.03 bits per heavy atom. The lowest BCUT2D eigenvalue weighted by molar-refractivity contribution is 0.0878. The van der Waals surface area contributed by atoms with Crippen molar-refractivity contribution in [2.24, 2.45) is 5.92 Å². The second-order valence-electron chi connectivity index (χ2n) is 8.53. The maximum absolute atomic E-state index is 12.9. The standard InChI is InChI=1S/C24H28N4O2/c1-30-21-5-2-4-18(12-21)13-23-20-14-19(22-6-3-7-24(29)28(22)23)15-27(16-20)11-10-26-9-8-25-17-26/h2-9,12,17,19-20,23H,10-11,13-16H2,1H3/t19-,20+,23+/m1/s1. The lowest BCUT2D eigenvalue weighted by Crippen LogP contribution is -2.50. The number of ether oxygens (including phenoxy) is 1. The van der Waals surface area contributed by atoms with Crippen molar-refractivity contribution in [1.29, 1.82) is 0 Å². The van der Waals surface area contributed by atoms with Gasteiger partial charge in [-0.05, 0) is 42.5 Å². The van der Waals surface area contributed by atoms with Gasteiger partial charge in [0.1, 0.15) is 5.75 Å². The molecule has 30 heavy (non-hydrogen) atoms. The summed E-state index contributed by atoms with van der Waals surface area (Å²) < 4.78 is 9.64. The van der Waals surface area contributed by atoms with Crippen LogP contribution in [0.25, 0.3) is 0 Å². The molecule has 1 fully saturated rings. The largest absolute Gasteiger partial charge is 0.497 e. The van der Waals surface area contributed by atoms with Crippen molar-refractivity contribution in [1.82, 2.24) is 19.0 Å². The van der Waals surface area contributed by atoms with Gasteiger partial charge in [0.2, 0.25) is 0 Å². The highest BCUT2D eigenvalue weighted by atomic mass is 16.5. The van der Waals surface area contributed by atoms with E-state index in [0.29, 0.717) is 11.8 Å². The van der Waals surface area contributed by atoms with Crippen molar-refractivity contribution in [3.05, 3.63) is 82.8 Å². The maximum Gasteiger partial charge on any atom is 0.251 e. The fourth-order valence-corrected chi connectivity index (χ4v) is 5.30. The van der Waals surface area contributed by atoms with Gasteiger partial charge in [0.25, 0.3) is 5.56 Å². The molecule has 3 aromatic rings. The smallest absolute Gasteiger partial charge is 0.251 e. The average Bonchev–Trinajstić information content (AvgIpc) is 3.29. The molecule has 3 atom stereocenters. The molecule has 0 N–H and O–H groups in total. The van der Waals surface area contributed by atoms with E-state index in [4.69, 9.17) is 4.74 Å². The van der Waals surface area contributed by atoms with Crippen LogP contribution in [0.4, 0.5) is 0 Å². The van der Waals surface area contributed by atoms with Crippen molar-refractivity contribution < 1.29 is 4.74 Å². The van der Waals surface area contributed by atoms with Gasteiger partial charge in [0, 0.05) is 62.3 Å². The molecule has 2 bridgehead atoms. The first-order valence-electron chi connectivity index (χ1n) is 10.7. The van der Waals surface area contributed by atoms with Gasteiger partial charge < -0.3 is 18.8 Å². The summed E-state index contributed by atoms with van der Waals surface area (Å²) in [7, 11) is 1.70. The van der Waals surface area contributed by atoms with E-state index < -0.39 is 0 Å². The highest BCUT2D eigenvalue weighted by molar-refractivity contribution is 5.30. The van der Waals surface area contributed by atoms with Crippen LogP contribution < -0.4 is 10.3 Å². The summed E-state index contributed by atoms with van der Waals surface area (Å²) in [6, 6.07) is 14.2. The molecule has 4 heterocycles. The number of hydrogen-bond acceptors (Lipinski definition) is 4. The number of nitrogens with zero attached hydrogens (tertiary/aromatic N) is 4. The predicted octanol–water partition coefficient (Wildman–Crippen LogP) is 2.96. The van der Waals surface area contributed by atoms with E-state index in [1.165, 1.54) is 11.3 Å². The van der Waals surface area contributed by atoms with Crippen LogP contribution in [-0.2, 0) is 13.0 Å². The summed E-state index contributed by atoms with van der Waals surface area (Å²) in [5.41, 5.74) is 2.54. The van der Waals surface area contributed by atoms with Gasteiger partial charge in [0.05, 0.1) is 13.4 Å². The van der Waals surface area contributed by atoms with Gasteiger partial charge in [-0.3, -0.25) is 4.79 Å². The summed E-state index contributed by atoms with van der Waals surface area (Å²) in [6.07, 6.45) is 7.73. The topological polar surface area (TPSA) is 52.3 Å². The zero-order valence-electron chi connectivity index (χ0n) is 17.4. The SMILES string of the molecule is COc1cccc(C[C@H]2[C@H]3C[C@H](CN(CCn4ccnc4)C3)c3cccc(=O)n32)c1. The Labute approximate surface area is 176 Å². The Kier molecular flexibility index (Phi) is 5.17. The Bertz CT molecular complexity index is 1060. The van der Waals surface area contributed by atoms with Crippen LogP contribution in [0.3, 0.4) is 0 Å². The van der Waals surface area contributed by atoms with Crippen LogP contribution >= 0.6 is 0 Å². The minimum Gasteiger partial charge on any atom is -0.497 e. The second-order valence-corrected chi connectivity index (χ2v) is 8.53.